The van der Waals surface area contributed by atoms with Crippen molar-refractivity contribution in [3.05, 3.63) is 0 Å². The monoisotopic (exact) mass is 248 g/mol. The van der Waals surface area contributed by atoms with Crippen LogP contribution in [0, 0.1) is 23.2 Å². The zero-order valence-corrected chi connectivity index (χ0v) is 10.1. The Morgan fingerprint density at radius 1 is 1.18 bits per heavy atom. The van der Waals surface area contributed by atoms with Crippen LogP contribution < -0.4 is 0 Å². The first-order valence-corrected chi connectivity index (χ1v) is 6.57. The minimum absolute atomic E-state index is 0.0822. The lowest BCUT2D eigenvalue weighted by molar-refractivity contribution is -0.198. The van der Waals surface area contributed by atoms with Crippen molar-refractivity contribution in [3.63, 3.8) is 0 Å². The summed E-state index contributed by atoms with van der Waals surface area (Å²) in [5.41, 5.74) is 0.0822. The van der Waals surface area contributed by atoms with Crippen molar-refractivity contribution in [1.29, 1.82) is 0 Å². The summed E-state index contributed by atoms with van der Waals surface area (Å²) in [6.07, 6.45) is 1.56. The minimum Gasteiger partial charge on any atom is -0.369 e. The average molecular weight is 248 g/mol. The van der Waals surface area contributed by atoms with Crippen molar-refractivity contribution >= 4 is 0 Å². The van der Waals surface area contributed by atoms with Crippen LogP contribution >= 0.6 is 0 Å². The molecule has 3 unspecified atom stereocenters. The predicted octanol–water partition coefficient (Wildman–Crippen LogP) is 3.78. The van der Waals surface area contributed by atoms with Gasteiger partial charge in [-0.2, -0.15) is 13.2 Å². The molecule has 0 aromatic carbocycles. The van der Waals surface area contributed by atoms with E-state index in [0.717, 1.165) is 24.7 Å². The SMILES string of the molecule is CC(OCC(F)(F)F)C12CC3CC(CC1C3)C2. The normalized spacial score (nSPS) is 45.5. The standard InChI is InChI=1S/C13H19F3O/c1-8(17-7-13(14,15)16)12-5-9-2-10(6-12)4-11(12)3-9/h8-11H,2-7H2,1H3. The number of rotatable bonds is 3. The van der Waals surface area contributed by atoms with Crippen molar-refractivity contribution in [3.8, 4) is 0 Å². The summed E-state index contributed by atoms with van der Waals surface area (Å²) in [5.74, 6) is 2.17. The molecule has 98 valence electrons. The lowest BCUT2D eigenvalue weighted by Gasteiger charge is -2.38. The van der Waals surface area contributed by atoms with Crippen LogP contribution in [0.2, 0.25) is 0 Å². The van der Waals surface area contributed by atoms with E-state index in [1.165, 1.54) is 19.3 Å². The second kappa shape index (κ2) is 3.62. The first kappa shape index (κ1) is 11.8. The molecule has 0 radical (unpaired) electrons. The molecule has 4 fully saturated rings. The Labute approximate surface area is 99.7 Å². The molecule has 0 aliphatic heterocycles. The third kappa shape index (κ3) is 1.88. The molecular formula is C13H19F3O. The molecule has 17 heavy (non-hydrogen) atoms. The lowest BCUT2D eigenvalue weighted by atomic mass is 9.72. The van der Waals surface area contributed by atoms with Crippen LogP contribution in [0.5, 0.6) is 0 Å². The van der Waals surface area contributed by atoms with Gasteiger partial charge in [-0.25, -0.2) is 0 Å². The predicted molar refractivity (Wildman–Crippen MR) is 57.5 cm³/mol. The van der Waals surface area contributed by atoms with Crippen LogP contribution in [-0.2, 0) is 4.74 Å². The van der Waals surface area contributed by atoms with Crippen molar-refractivity contribution in [2.75, 3.05) is 6.61 Å². The summed E-state index contributed by atoms with van der Waals surface area (Å²) in [7, 11) is 0. The van der Waals surface area contributed by atoms with Crippen molar-refractivity contribution in [2.45, 2.75) is 51.3 Å². The van der Waals surface area contributed by atoms with E-state index in [2.05, 4.69) is 0 Å². The second-order valence-electron chi connectivity index (χ2n) is 6.35. The Morgan fingerprint density at radius 2 is 1.76 bits per heavy atom. The smallest absolute Gasteiger partial charge is 0.369 e. The van der Waals surface area contributed by atoms with Crippen LogP contribution in [-0.4, -0.2) is 18.9 Å². The molecule has 0 spiro atoms. The molecule has 0 heterocycles. The van der Waals surface area contributed by atoms with Gasteiger partial charge in [0, 0.05) is 0 Å². The molecule has 3 atom stereocenters. The van der Waals surface area contributed by atoms with Crippen LogP contribution in [0.15, 0.2) is 0 Å². The molecule has 4 heteroatoms. The van der Waals surface area contributed by atoms with E-state index >= 15 is 0 Å². The summed E-state index contributed by atoms with van der Waals surface area (Å²) >= 11 is 0. The Bertz CT molecular complexity index is 298. The maximum absolute atomic E-state index is 12.2. The summed E-state index contributed by atoms with van der Waals surface area (Å²) in [5, 5.41) is 0. The number of hydrogen-bond donors (Lipinski definition) is 0. The highest BCUT2D eigenvalue weighted by molar-refractivity contribution is 5.09. The third-order valence-corrected chi connectivity index (χ3v) is 5.36. The van der Waals surface area contributed by atoms with Crippen molar-refractivity contribution in [2.24, 2.45) is 23.2 Å². The van der Waals surface area contributed by atoms with Crippen LogP contribution in [0.25, 0.3) is 0 Å². The highest BCUT2D eigenvalue weighted by Gasteiger charge is 2.60. The number of halogens is 3. The number of hydrogen-bond acceptors (Lipinski definition) is 1. The van der Waals surface area contributed by atoms with Gasteiger partial charge in [0.2, 0.25) is 0 Å². The molecular weight excluding hydrogens is 229 g/mol. The first-order valence-electron chi connectivity index (χ1n) is 6.57. The largest absolute Gasteiger partial charge is 0.411 e. The van der Waals surface area contributed by atoms with E-state index in [9.17, 15) is 13.2 Å². The second-order valence-corrected chi connectivity index (χ2v) is 6.35. The van der Waals surface area contributed by atoms with Crippen LogP contribution in [0.1, 0.15) is 39.0 Å². The van der Waals surface area contributed by atoms with Gasteiger partial charge in [0.1, 0.15) is 6.61 Å². The zero-order valence-electron chi connectivity index (χ0n) is 10.1. The number of ether oxygens (including phenoxy) is 1. The molecule has 0 amide bonds. The van der Waals surface area contributed by atoms with Gasteiger partial charge in [0.25, 0.3) is 0 Å². The summed E-state index contributed by atoms with van der Waals surface area (Å²) in [6.45, 7) is 0.771. The fourth-order valence-electron chi connectivity index (χ4n) is 4.91. The summed E-state index contributed by atoms with van der Waals surface area (Å²) in [6, 6.07) is 0. The quantitative estimate of drug-likeness (QED) is 0.738. The maximum Gasteiger partial charge on any atom is 0.411 e. The lowest BCUT2D eigenvalue weighted by Crippen LogP contribution is -2.38. The highest BCUT2D eigenvalue weighted by atomic mass is 19.4. The topological polar surface area (TPSA) is 9.23 Å². The van der Waals surface area contributed by atoms with Gasteiger partial charge in [-0.1, -0.05) is 0 Å². The molecule has 1 nitrogen and oxygen atoms in total. The molecule has 4 aliphatic carbocycles. The minimum atomic E-state index is -4.19. The zero-order chi connectivity index (χ0) is 12.3. The average Bonchev–Trinajstić information content (AvgIpc) is 2.60. The maximum atomic E-state index is 12.2. The van der Waals surface area contributed by atoms with Crippen LogP contribution in [0.3, 0.4) is 0 Å². The third-order valence-electron chi connectivity index (χ3n) is 5.36. The Kier molecular flexibility index (Phi) is 2.52. The molecule has 0 N–H and O–H groups in total. The highest BCUT2D eigenvalue weighted by Crippen LogP contribution is 2.67. The van der Waals surface area contributed by atoms with Gasteiger partial charge < -0.3 is 4.74 Å². The molecule has 4 rings (SSSR count). The first-order chi connectivity index (χ1) is 7.89. The molecule has 4 bridgehead atoms. The van der Waals surface area contributed by atoms with Crippen LogP contribution in [0.4, 0.5) is 13.2 Å². The fourth-order valence-corrected chi connectivity index (χ4v) is 4.91. The molecule has 0 saturated heterocycles. The Morgan fingerprint density at radius 3 is 2.29 bits per heavy atom. The van der Waals surface area contributed by atoms with E-state index in [1.807, 2.05) is 6.92 Å². The van der Waals surface area contributed by atoms with Gasteiger partial charge >= 0.3 is 6.18 Å². The Balaban J connectivity index is 1.68. The Hall–Kier alpha value is -0.250. The van der Waals surface area contributed by atoms with Crippen molar-refractivity contribution in [1.82, 2.24) is 0 Å². The van der Waals surface area contributed by atoms with Gasteiger partial charge in [0.15, 0.2) is 0 Å². The molecule has 0 aromatic rings. The fraction of sp³-hybridized carbons (Fsp3) is 1.00. The van der Waals surface area contributed by atoms with Crippen molar-refractivity contribution < 1.29 is 17.9 Å². The molecule has 0 aromatic heterocycles. The van der Waals surface area contributed by atoms with Gasteiger partial charge in [0.05, 0.1) is 6.10 Å². The molecule has 4 saturated carbocycles. The van der Waals surface area contributed by atoms with E-state index in [4.69, 9.17) is 4.74 Å². The van der Waals surface area contributed by atoms with E-state index < -0.39 is 12.8 Å². The summed E-state index contributed by atoms with van der Waals surface area (Å²) < 4.78 is 41.8. The van der Waals surface area contributed by atoms with E-state index in [1.54, 1.807) is 0 Å². The van der Waals surface area contributed by atoms with Gasteiger partial charge in [-0.3, -0.25) is 0 Å². The van der Waals surface area contributed by atoms with Gasteiger partial charge in [-0.05, 0) is 62.2 Å². The van der Waals surface area contributed by atoms with E-state index in [0.29, 0.717) is 5.92 Å². The summed E-state index contributed by atoms with van der Waals surface area (Å²) in [4.78, 5) is 0. The molecule has 4 aliphatic rings. The van der Waals surface area contributed by atoms with E-state index in [-0.39, 0.29) is 11.5 Å². The van der Waals surface area contributed by atoms with Gasteiger partial charge in [-0.15, -0.1) is 0 Å². The number of alkyl halides is 3.